The van der Waals surface area contributed by atoms with Crippen molar-refractivity contribution in [3.8, 4) is 0 Å². The molecule has 1 rings (SSSR count). The lowest BCUT2D eigenvalue weighted by molar-refractivity contribution is -0.139. The Bertz CT molecular complexity index is 445. The van der Waals surface area contributed by atoms with Crippen molar-refractivity contribution < 1.29 is 14.0 Å². The second-order valence-corrected chi connectivity index (χ2v) is 4.67. The van der Waals surface area contributed by atoms with Crippen molar-refractivity contribution in [2.24, 2.45) is 5.73 Å². The van der Waals surface area contributed by atoms with Gasteiger partial charge in [-0.05, 0) is 25.5 Å². The fourth-order valence-electron chi connectivity index (χ4n) is 1.42. The highest BCUT2D eigenvalue weighted by Crippen LogP contribution is 2.05. The van der Waals surface area contributed by atoms with E-state index in [4.69, 9.17) is 10.2 Å². The molecule has 0 radical (unpaired) electrons. The predicted molar refractivity (Wildman–Crippen MR) is 74.4 cm³/mol. The fourth-order valence-corrected chi connectivity index (χ4v) is 1.49. The van der Waals surface area contributed by atoms with E-state index in [-0.39, 0.29) is 17.6 Å². The minimum absolute atomic E-state index is 0.0162. The molecule has 1 unspecified atom stereocenters. The molecule has 0 saturated heterocycles. The van der Waals surface area contributed by atoms with Crippen molar-refractivity contribution in [1.29, 1.82) is 0 Å². The van der Waals surface area contributed by atoms with Gasteiger partial charge in [-0.1, -0.05) is 12.2 Å². The van der Waals surface area contributed by atoms with Gasteiger partial charge in [-0.2, -0.15) is 0 Å². The summed E-state index contributed by atoms with van der Waals surface area (Å²) in [6.45, 7) is 1.84. The Hall–Kier alpha value is -1.89. The molecule has 2 amide bonds. The summed E-state index contributed by atoms with van der Waals surface area (Å²) in [4.78, 5) is 23.0. The summed E-state index contributed by atoms with van der Waals surface area (Å²) in [7, 11) is 0. The van der Waals surface area contributed by atoms with Gasteiger partial charge in [0.2, 0.25) is 0 Å². The largest absolute Gasteiger partial charge is 0.469 e. The highest BCUT2D eigenvalue weighted by atomic mass is 32.1. The van der Waals surface area contributed by atoms with Crippen molar-refractivity contribution in [1.82, 2.24) is 10.6 Å². The maximum Gasteiger partial charge on any atom is 0.309 e. The summed E-state index contributed by atoms with van der Waals surface area (Å²) in [5.74, 6) is -0.583. The average Bonchev–Trinajstić information content (AvgIpc) is 2.86. The molecule has 6 nitrogen and oxygen atoms in total. The third-order valence-electron chi connectivity index (χ3n) is 2.41. The van der Waals surface area contributed by atoms with Crippen LogP contribution in [0.2, 0.25) is 0 Å². The molecule has 0 aromatic carbocycles. The molecule has 0 aliphatic carbocycles. The fraction of sp³-hybridized carbons (Fsp3) is 0.417. The maximum atomic E-state index is 11.5. The number of hydrogen-bond donors (Lipinski definition) is 3. The Balaban J connectivity index is 2.27. The van der Waals surface area contributed by atoms with Gasteiger partial charge in [0.1, 0.15) is 5.76 Å². The van der Waals surface area contributed by atoms with Crippen LogP contribution in [0.5, 0.6) is 0 Å². The smallest absolute Gasteiger partial charge is 0.309 e. The zero-order chi connectivity index (χ0) is 14.3. The zero-order valence-corrected chi connectivity index (χ0v) is 11.5. The van der Waals surface area contributed by atoms with Crippen molar-refractivity contribution in [2.75, 3.05) is 6.54 Å². The summed E-state index contributed by atoms with van der Waals surface area (Å²) in [6, 6.07) is 3.54. The zero-order valence-electron chi connectivity index (χ0n) is 10.6. The first-order valence-electron chi connectivity index (χ1n) is 5.88. The van der Waals surface area contributed by atoms with E-state index in [2.05, 4.69) is 22.9 Å². The molecule has 4 N–H and O–H groups in total. The molecule has 0 aliphatic heterocycles. The molecular weight excluding hydrogens is 266 g/mol. The topological polar surface area (TPSA) is 97.4 Å². The Morgan fingerprint density at radius 1 is 1.47 bits per heavy atom. The molecule has 104 valence electrons. The van der Waals surface area contributed by atoms with Gasteiger partial charge < -0.3 is 20.8 Å². The minimum atomic E-state index is -0.738. The second-order valence-electron chi connectivity index (χ2n) is 4.14. The van der Waals surface area contributed by atoms with Crippen molar-refractivity contribution >= 4 is 29.0 Å². The van der Waals surface area contributed by atoms with Gasteiger partial charge >= 0.3 is 11.8 Å². The van der Waals surface area contributed by atoms with E-state index in [0.29, 0.717) is 12.8 Å². The Labute approximate surface area is 116 Å². The summed E-state index contributed by atoms with van der Waals surface area (Å²) < 4.78 is 5.18. The normalized spacial score (nSPS) is 11.6. The van der Waals surface area contributed by atoms with E-state index in [1.807, 2.05) is 19.1 Å². The summed E-state index contributed by atoms with van der Waals surface area (Å²) >= 11 is 4.60. The number of rotatable bonds is 6. The SMILES string of the molecule is CC(CCc1ccco1)NC(=O)C(=O)NCC(N)=S. The monoisotopic (exact) mass is 283 g/mol. The van der Waals surface area contributed by atoms with Crippen molar-refractivity contribution in [3.63, 3.8) is 0 Å². The standard InChI is InChI=1S/C12H17N3O3S/c1-8(4-5-9-3-2-6-18-9)15-12(17)11(16)14-7-10(13)19/h2-3,6,8H,4-5,7H2,1H3,(H2,13,19)(H,14,16)(H,15,17). The van der Waals surface area contributed by atoms with Crippen molar-refractivity contribution in [3.05, 3.63) is 24.2 Å². The number of carbonyl (C=O) groups is 2. The van der Waals surface area contributed by atoms with Crippen LogP contribution in [0.3, 0.4) is 0 Å². The number of carbonyl (C=O) groups excluding carboxylic acids is 2. The van der Waals surface area contributed by atoms with Crippen LogP contribution in [0.1, 0.15) is 19.1 Å². The van der Waals surface area contributed by atoms with Crippen LogP contribution in [0.4, 0.5) is 0 Å². The third kappa shape index (κ3) is 6.01. The van der Waals surface area contributed by atoms with Crippen molar-refractivity contribution in [2.45, 2.75) is 25.8 Å². The van der Waals surface area contributed by atoms with E-state index in [1.54, 1.807) is 6.26 Å². The van der Waals surface area contributed by atoms with Gasteiger partial charge in [0, 0.05) is 12.5 Å². The van der Waals surface area contributed by atoms with Crippen LogP contribution in [-0.2, 0) is 16.0 Å². The third-order valence-corrected chi connectivity index (χ3v) is 2.56. The first-order valence-corrected chi connectivity index (χ1v) is 6.29. The van der Waals surface area contributed by atoms with Gasteiger partial charge in [0.05, 0.1) is 17.8 Å². The lowest BCUT2D eigenvalue weighted by atomic mass is 10.1. The lowest BCUT2D eigenvalue weighted by Crippen LogP contribution is -2.45. The quantitative estimate of drug-likeness (QED) is 0.509. The minimum Gasteiger partial charge on any atom is -0.469 e. The van der Waals surface area contributed by atoms with Crippen LogP contribution in [0.25, 0.3) is 0 Å². The summed E-state index contributed by atoms with van der Waals surface area (Å²) in [5, 5.41) is 4.91. The molecule has 1 aromatic rings. The summed E-state index contributed by atoms with van der Waals surface area (Å²) in [5.41, 5.74) is 5.22. The molecule has 0 spiro atoms. The molecule has 19 heavy (non-hydrogen) atoms. The number of thiocarbonyl (C=S) groups is 1. The Kier molecular flexibility index (Phi) is 6.01. The molecule has 0 aliphatic rings. The molecule has 0 fully saturated rings. The van der Waals surface area contributed by atoms with E-state index in [9.17, 15) is 9.59 Å². The van der Waals surface area contributed by atoms with Crippen LogP contribution < -0.4 is 16.4 Å². The molecule has 1 aromatic heterocycles. The molecule has 7 heteroatoms. The molecule has 1 heterocycles. The predicted octanol–water partition coefficient (Wildman–Crippen LogP) is 0.119. The summed E-state index contributed by atoms with van der Waals surface area (Å²) in [6.07, 6.45) is 2.98. The van der Waals surface area contributed by atoms with Gasteiger partial charge in [0.15, 0.2) is 0 Å². The molecular formula is C12H17N3O3S. The lowest BCUT2D eigenvalue weighted by Gasteiger charge is -2.12. The first kappa shape index (κ1) is 15.2. The Morgan fingerprint density at radius 2 is 2.21 bits per heavy atom. The highest BCUT2D eigenvalue weighted by molar-refractivity contribution is 7.80. The average molecular weight is 283 g/mol. The van der Waals surface area contributed by atoms with E-state index < -0.39 is 11.8 Å². The molecule has 1 atom stereocenters. The van der Waals surface area contributed by atoms with E-state index in [1.165, 1.54) is 0 Å². The number of nitrogens with one attached hydrogen (secondary N) is 2. The molecule has 0 saturated carbocycles. The highest BCUT2D eigenvalue weighted by Gasteiger charge is 2.15. The van der Waals surface area contributed by atoms with Crippen LogP contribution in [-0.4, -0.2) is 29.4 Å². The van der Waals surface area contributed by atoms with Crippen LogP contribution in [0, 0.1) is 0 Å². The van der Waals surface area contributed by atoms with Gasteiger partial charge in [-0.3, -0.25) is 9.59 Å². The maximum absolute atomic E-state index is 11.5. The Morgan fingerprint density at radius 3 is 2.79 bits per heavy atom. The van der Waals surface area contributed by atoms with Gasteiger partial charge in [0.25, 0.3) is 0 Å². The number of nitrogens with two attached hydrogens (primary N) is 1. The number of aryl methyl sites for hydroxylation is 1. The van der Waals surface area contributed by atoms with E-state index >= 15 is 0 Å². The number of amides is 2. The number of furan rings is 1. The van der Waals surface area contributed by atoms with E-state index in [0.717, 1.165) is 5.76 Å². The first-order chi connectivity index (χ1) is 8.99. The second kappa shape index (κ2) is 7.52. The van der Waals surface area contributed by atoms with Gasteiger partial charge in [-0.25, -0.2) is 0 Å². The van der Waals surface area contributed by atoms with Crippen LogP contribution in [0.15, 0.2) is 22.8 Å². The number of hydrogen-bond acceptors (Lipinski definition) is 4. The van der Waals surface area contributed by atoms with Crippen LogP contribution >= 0.6 is 12.2 Å². The molecule has 0 bridgehead atoms. The van der Waals surface area contributed by atoms with Gasteiger partial charge in [-0.15, -0.1) is 0 Å².